The van der Waals surface area contributed by atoms with Crippen LogP contribution in [0, 0.1) is 0 Å². The van der Waals surface area contributed by atoms with Gasteiger partial charge in [0.15, 0.2) is 0 Å². The number of aliphatic hydroxyl groups is 1. The second-order valence-electron chi connectivity index (χ2n) is 6.22. The number of benzene rings is 1. The van der Waals surface area contributed by atoms with Crippen molar-refractivity contribution >= 4 is 17.2 Å². The molecule has 114 valence electrons. The molecule has 0 amide bonds. The first-order valence-electron chi connectivity index (χ1n) is 7.91. The molecule has 4 rings (SSSR count). The molecule has 1 aliphatic heterocycles. The molecule has 0 radical (unpaired) electrons. The zero-order chi connectivity index (χ0) is 15.1. The van der Waals surface area contributed by atoms with E-state index in [-0.39, 0.29) is 6.04 Å². The van der Waals surface area contributed by atoms with Crippen molar-refractivity contribution in [1.29, 1.82) is 0 Å². The van der Waals surface area contributed by atoms with Gasteiger partial charge in [-0.2, -0.15) is 0 Å². The van der Waals surface area contributed by atoms with Gasteiger partial charge in [-0.1, -0.05) is 23.7 Å². The van der Waals surface area contributed by atoms with Crippen LogP contribution in [0.25, 0.3) is 5.57 Å². The number of imidazole rings is 1. The van der Waals surface area contributed by atoms with Gasteiger partial charge in [0.2, 0.25) is 0 Å². The van der Waals surface area contributed by atoms with Gasteiger partial charge in [-0.15, -0.1) is 0 Å². The number of hydrogen-bond donors (Lipinski definition) is 1. The lowest BCUT2D eigenvalue weighted by Gasteiger charge is -2.23. The predicted octanol–water partition coefficient (Wildman–Crippen LogP) is 4.54. The van der Waals surface area contributed by atoms with Crippen molar-refractivity contribution in [2.75, 3.05) is 0 Å². The second kappa shape index (κ2) is 5.56. The van der Waals surface area contributed by atoms with Crippen molar-refractivity contribution in [2.24, 2.45) is 0 Å². The molecule has 0 fully saturated rings. The molecule has 0 saturated heterocycles. The Hall–Kier alpha value is -1.58. The van der Waals surface area contributed by atoms with Crippen LogP contribution in [0.15, 0.2) is 42.4 Å². The van der Waals surface area contributed by atoms with E-state index in [2.05, 4.69) is 9.55 Å². The molecular weight excluding hydrogens is 296 g/mol. The van der Waals surface area contributed by atoms with Crippen LogP contribution in [0.1, 0.15) is 55.5 Å². The minimum atomic E-state index is -0.507. The third-order valence-electron chi connectivity index (χ3n) is 4.90. The summed E-state index contributed by atoms with van der Waals surface area (Å²) in [5.74, 6) is 0. The molecule has 1 aliphatic carbocycles. The zero-order valence-corrected chi connectivity index (χ0v) is 13.1. The average Bonchev–Trinajstić information content (AvgIpc) is 3.10. The summed E-state index contributed by atoms with van der Waals surface area (Å²) in [6.07, 6.45) is 8.84. The lowest BCUT2D eigenvalue weighted by Crippen LogP contribution is -2.12. The smallest absolute Gasteiger partial charge is 0.0956 e. The number of hydrogen-bond acceptors (Lipinski definition) is 2. The molecule has 2 atom stereocenters. The molecule has 0 bridgehead atoms. The van der Waals surface area contributed by atoms with Crippen LogP contribution in [-0.2, 0) is 0 Å². The van der Waals surface area contributed by atoms with Gasteiger partial charge in [0.1, 0.15) is 0 Å². The van der Waals surface area contributed by atoms with Crippen molar-refractivity contribution in [3.8, 4) is 0 Å². The van der Waals surface area contributed by atoms with E-state index in [0.717, 1.165) is 18.4 Å². The highest BCUT2D eigenvalue weighted by atomic mass is 35.5. The monoisotopic (exact) mass is 314 g/mol. The summed E-state index contributed by atoms with van der Waals surface area (Å²) in [4.78, 5) is 4.31. The lowest BCUT2D eigenvalue weighted by molar-refractivity contribution is 0.152. The van der Waals surface area contributed by atoms with E-state index in [0.29, 0.717) is 11.4 Å². The van der Waals surface area contributed by atoms with Gasteiger partial charge >= 0.3 is 0 Å². The fourth-order valence-corrected chi connectivity index (χ4v) is 4.06. The third kappa shape index (κ3) is 2.29. The van der Waals surface area contributed by atoms with E-state index >= 15 is 0 Å². The Labute approximate surface area is 135 Å². The minimum absolute atomic E-state index is 0.238. The fourth-order valence-electron chi connectivity index (χ4n) is 3.86. The van der Waals surface area contributed by atoms with Crippen molar-refractivity contribution in [1.82, 2.24) is 9.55 Å². The van der Waals surface area contributed by atoms with Crippen LogP contribution in [0.3, 0.4) is 0 Å². The number of rotatable bonds is 3. The Bertz CT molecular complexity index is 734. The maximum atomic E-state index is 10.6. The second-order valence-corrected chi connectivity index (χ2v) is 6.66. The maximum absolute atomic E-state index is 10.6. The molecule has 1 aromatic heterocycles. The van der Waals surface area contributed by atoms with Gasteiger partial charge in [-0.25, -0.2) is 4.98 Å². The van der Waals surface area contributed by atoms with Gasteiger partial charge in [-0.05, 0) is 54.5 Å². The summed E-state index contributed by atoms with van der Waals surface area (Å²) in [7, 11) is 0. The predicted molar refractivity (Wildman–Crippen MR) is 87.7 cm³/mol. The quantitative estimate of drug-likeness (QED) is 0.903. The molecule has 1 aromatic carbocycles. The van der Waals surface area contributed by atoms with Gasteiger partial charge in [0, 0.05) is 11.4 Å². The Morgan fingerprint density at radius 2 is 2.18 bits per heavy atom. The molecule has 2 unspecified atom stereocenters. The van der Waals surface area contributed by atoms with Gasteiger partial charge in [-0.3, -0.25) is 0 Å². The van der Waals surface area contributed by atoms with E-state index in [1.54, 1.807) is 0 Å². The maximum Gasteiger partial charge on any atom is 0.0956 e. The highest BCUT2D eigenvalue weighted by Gasteiger charge is 2.33. The molecule has 0 saturated carbocycles. The molecule has 4 heteroatoms. The molecule has 1 N–H and O–H groups in total. The third-order valence-corrected chi connectivity index (χ3v) is 5.14. The van der Waals surface area contributed by atoms with E-state index in [1.165, 1.54) is 29.7 Å². The fraction of sp³-hybridized carbons (Fsp3) is 0.389. The number of fused-ring (bicyclic) bond motifs is 2. The number of aliphatic hydroxyl groups excluding tert-OH is 1. The normalized spacial score (nSPS) is 21.6. The summed E-state index contributed by atoms with van der Waals surface area (Å²) in [6.45, 7) is 0. The molecule has 2 aliphatic rings. The molecule has 2 heterocycles. The van der Waals surface area contributed by atoms with Crippen molar-refractivity contribution in [3.63, 3.8) is 0 Å². The summed E-state index contributed by atoms with van der Waals surface area (Å²) < 4.78 is 2.24. The largest absolute Gasteiger partial charge is 0.388 e. The molecule has 0 spiro atoms. The van der Waals surface area contributed by atoms with Crippen molar-refractivity contribution in [2.45, 2.75) is 44.2 Å². The average molecular weight is 315 g/mol. The first-order chi connectivity index (χ1) is 10.7. The molecule has 3 nitrogen and oxygen atoms in total. The number of halogens is 1. The minimum Gasteiger partial charge on any atom is -0.388 e. The number of allylic oxidation sites excluding steroid dienone is 2. The highest BCUT2D eigenvalue weighted by molar-refractivity contribution is 6.30. The molecule has 2 aromatic rings. The SMILES string of the molecule is OC(CC1C2=C(CCCC2)c2cncn21)c1cccc(Cl)c1. The summed E-state index contributed by atoms with van der Waals surface area (Å²) >= 11 is 6.04. The summed E-state index contributed by atoms with van der Waals surface area (Å²) in [6, 6.07) is 7.76. The van der Waals surface area contributed by atoms with Gasteiger partial charge in [0.25, 0.3) is 0 Å². The van der Waals surface area contributed by atoms with Crippen LogP contribution in [0.4, 0.5) is 0 Å². The molecule has 22 heavy (non-hydrogen) atoms. The van der Waals surface area contributed by atoms with E-state index in [4.69, 9.17) is 11.6 Å². The Morgan fingerprint density at radius 3 is 3.05 bits per heavy atom. The van der Waals surface area contributed by atoms with Crippen molar-refractivity contribution < 1.29 is 5.11 Å². The summed E-state index contributed by atoms with van der Waals surface area (Å²) in [5, 5.41) is 11.3. The van der Waals surface area contributed by atoms with Crippen LogP contribution >= 0.6 is 11.6 Å². The topological polar surface area (TPSA) is 38.1 Å². The van der Waals surface area contributed by atoms with Crippen LogP contribution < -0.4 is 0 Å². The van der Waals surface area contributed by atoms with Crippen LogP contribution in [-0.4, -0.2) is 14.7 Å². The number of nitrogens with zero attached hydrogens (tertiary/aromatic N) is 2. The zero-order valence-electron chi connectivity index (χ0n) is 12.4. The van der Waals surface area contributed by atoms with E-state index in [1.807, 2.05) is 36.8 Å². The molecular formula is C18H19ClN2O. The summed E-state index contributed by atoms with van der Waals surface area (Å²) in [5.41, 5.74) is 5.11. The first kappa shape index (κ1) is 14.0. The number of aromatic nitrogens is 2. The van der Waals surface area contributed by atoms with Crippen LogP contribution in [0.2, 0.25) is 5.02 Å². The standard InChI is InChI=1S/C18H19ClN2O/c19-13-5-3-4-12(8-13)18(22)9-16-14-6-1-2-7-15(14)17-10-20-11-21(16)17/h3-5,8,10-11,16,18,22H,1-2,6-7,9H2. The highest BCUT2D eigenvalue weighted by Crippen LogP contribution is 2.47. The lowest BCUT2D eigenvalue weighted by atomic mass is 9.86. The Kier molecular flexibility index (Phi) is 3.55. The van der Waals surface area contributed by atoms with Crippen LogP contribution in [0.5, 0.6) is 0 Å². The Balaban J connectivity index is 1.64. The van der Waals surface area contributed by atoms with Gasteiger partial charge < -0.3 is 9.67 Å². The van der Waals surface area contributed by atoms with Crippen molar-refractivity contribution in [3.05, 3.63) is 58.6 Å². The van der Waals surface area contributed by atoms with Gasteiger partial charge in [0.05, 0.1) is 30.4 Å². The first-order valence-corrected chi connectivity index (χ1v) is 8.29. The van der Waals surface area contributed by atoms with E-state index < -0.39 is 6.10 Å². The van der Waals surface area contributed by atoms with E-state index in [9.17, 15) is 5.11 Å². The Morgan fingerprint density at radius 1 is 1.32 bits per heavy atom.